The lowest BCUT2D eigenvalue weighted by atomic mass is 9.90. The second kappa shape index (κ2) is 6.06. The summed E-state index contributed by atoms with van der Waals surface area (Å²) in [5.74, 6) is 0. The summed E-state index contributed by atoms with van der Waals surface area (Å²) in [6.45, 7) is 5.32. The van der Waals surface area contributed by atoms with Crippen LogP contribution in [-0.4, -0.2) is 40.9 Å². The van der Waals surface area contributed by atoms with Gasteiger partial charge in [-0.2, -0.15) is 5.10 Å². The van der Waals surface area contributed by atoms with E-state index in [0.29, 0.717) is 0 Å². The zero-order chi connectivity index (χ0) is 14.0. The van der Waals surface area contributed by atoms with Crippen LogP contribution in [0.4, 0.5) is 0 Å². The lowest BCUT2D eigenvalue weighted by molar-refractivity contribution is 0.169. The van der Waals surface area contributed by atoms with E-state index in [0.717, 1.165) is 18.6 Å². The van der Waals surface area contributed by atoms with Crippen molar-refractivity contribution in [3.8, 4) is 0 Å². The van der Waals surface area contributed by atoms with Crippen molar-refractivity contribution >= 4 is 0 Å². The van der Waals surface area contributed by atoms with Crippen molar-refractivity contribution in [3.63, 3.8) is 0 Å². The minimum absolute atomic E-state index is 0.726. The monoisotopic (exact) mass is 264 g/mol. The first-order valence-electron chi connectivity index (χ1n) is 7.39. The van der Waals surface area contributed by atoms with Gasteiger partial charge >= 0.3 is 0 Å². The quantitative estimate of drug-likeness (QED) is 0.903. The Balaban J connectivity index is 1.96. The topological polar surface area (TPSA) is 33.1 Å². The first-order valence-corrected chi connectivity index (χ1v) is 7.39. The normalized spacial score (nSPS) is 24.1. The maximum atomic E-state index is 4.51. The molecule has 0 aliphatic heterocycles. The van der Waals surface area contributed by atoms with E-state index in [9.17, 15) is 0 Å². The van der Waals surface area contributed by atoms with Crippen molar-refractivity contribution in [2.45, 2.75) is 58.2 Å². The van der Waals surface area contributed by atoms with Crippen molar-refractivity contribution in [1.82, 2.24) is 20.0 Å². The molecule has 2 rings (SSSR count). The van der Waals surface area contributed by atoms with Crippen molar-refractivity contribution < 1.29 is 0 Å². The third-order valence-corrected chi connectivity index (χ3v) is 4.79. The molecule has 0 aromatic carbocycles. The summed E-state index contributed by atoms with van der Waals surface area (Å²) in [7, 11) is 6.37. The van der Waals surface area contributed by atoms with Gasteiger partial charge < -0.3 is 5.32 Å². The highest BCUT2D eigenvalue weighted by Gasteiger charge is 2.24. The molecule has 0 atom stereocenters. The van der Waals surface area contributed by atoms with Gasteiger partial charge in [-0.15, -0.1) is 0 Å². The number of nitrogens with zero attached hydrogens (tertiary/aromatic N) is 3. The fourth-order valence-corrected chi connectivity index (χ4v) is 3.23. The highest BCUT2D eigenvalue weighted by atomic mass is 15.3. The van der Waals surface area contributed by atoms with Crippen LogP contribution < -0.4 is 5.32 Å². The minimum Gasteiger partial charge on any atom is -0.317 e. The van der Waals surface area contributed by atoms with Gasteiger partial charge in [0.15, 0.2) is 0 Å². The Kier molecular flexibility index (Phi) is 4.63. The summed E-state index contributed by atoms with van der Waals surface area (Å²) < 4.78 is 2.00. The Labute approximate surface area is 117 Å². The van der Waals surface area contributed by atoms with Gasteiger partial charge in [-0.05, 0) is 53.6 Å². The maximum absolute atomic E-state index is 4.51. The molecular weight excluding hydrogens is 236 g/mol. The third-order valence-electron chi connectivity index (χ3n) is 4.79. The summed E-state index contributed by atoms with van der Waals surface area (Å²) in [5, 5.41) is 7.92. The Bertz CT molecular complexity index is 416. The number of aromatic nitrogens is 2. The molecule has 1 aromatic heterocycles. The number of rotatable bonds is 4. The van der Waals surface area contributed by atoms with Crippen LogP contribution >= 0.6 is 0 Å². The average Bonchev–Trinajstić information content (AvgIpc) is 2.65. The Morgan fingerprint density at radius 1 is 1.26 bits per heavy atom. The molecule has 1 aliphatic carbocycles. The standard InChI is InChI=1S/C15H28N4/c1-11-15(12(2)19(5)17-11)10-18(4)14-8-6-13(16-3)7-9-14/h13-14,16H,6-10H2,1-5H3. The molecule has 0 bridgehead atoms. The van der Waals surface area contributed by atoms with E-state index < -0.39 is 0 Å². The Morgan fingerprint density at radius 3 is 2.37 bits per heavy atom. The van der Waals surface area contributed by atoms with E-state index in [1.165, 1.54) is 42.6 Å². The molecule has 1 heterocycles. The van der Waals surface area contributed by atoms with Crippen LogP contribution in [0.15, 0.2) is 0 Å². The van der Waals surface area contributed by atoms with E-state index in [2.05, 4.69) is 43.3 Å². The van der Waals surface area contributed by atoms with E-state index in [4.69, 9.17) is 0 Å². The van der Waals surface area contributed by atoms with E-state index in [1.807, 2.05) is 11.7 Å². The lowest BCUT2D eigenvalue weighted by Crippen LogP contribution is -2.39. The van der Waals surface area contributed by atoms with Gasteiger partial charge in [0.25, 0.3) is 0 Å². The third kappa shape index (κ3) is 3.18. The molecule has 108 valence electrons. The fourth-order valence-electron chi connectivity index (χ4n) is 3.23. The number of aryl methyl sites for hydroxylation is 2. The van der Waals surface area contributed by atoms with Crippen molar-refractivity contribution in [2.24, 2.45) is 7.05 Å². The van der Waals surface area contributed by atoms with Gasteiger partial charge in [-0.1, -0.05) is 0 Å². The van der Waals surface area contributed by atoms with Gasteiger partial charge in [0.2, 0.25) is 0 Å². The number of hydrogen-bond acceptors (Lipinski definition) is 3. The molecule has 4 nitrogen and oxygen atoms in total. The zero-order valence-electron chi connectivity index (χ0n) is 13.0. The molecule has 0 spiro atoms. The van der Waals surface area contributed by atoms with Crippen LogP contribution in [-0.2, 0) is 13.6 Å². The minimum atomic E-state index is 0.726. The summed E-state index contributed by atoms with van der Waals surface area (Å²) in [5.41, 5.74) is 3.88. The van der Waals surface area contributed by atoms with Crippen LogP contribution in [0.2, 0.25) is 0 Å². The lowest BCUT2D eigenvalue weighted by Gasteiger charge is -2.34. The predicted octanol–water partition coefficient (Wildman–Crippen LogP) is 2.00. The smallest absolute Gasteiger partial charge is 0.0641 e. The van der Waals surface area contributed by atoms with Crippen molar-refractivity contribution in [2.75, 3.05) is 14.1 Å². The molecule has 4 heteroatoms. The molecular formula is C15H28N4. The molecule has 1 N–H and O–H groups in total. The Hall–Kier alpha value is -0.870. The largest absolute Gasteiger partial charge is 0.317 e. The zero-order valence-corrected chi connectivity index (χ0v) is 13.0. The molecule has 0 unspecified atom stereocenters. The van der Waals surface area contributed by atoms with Crippen LogP contribution in [0.25, 0.3) is 0 Å². The number of nitrogens with one attached hydrogen (secondary N) is 1. The van der Waals surface area contributed by atoms with E-state index in [1.54, 1.807) is 0 Å². The average molecular weight is 264 g/mol. The van der Waals surface area contributed by atoms with Crippen LogP contribution in [0.3, 0.4) is 0 Å². The Morgan fingerprint density at radius 2 is 1.89 bits per heavy atom. The second-order valence-corrected chi connectivity index (χ2v) is 5.98. The van der Waals surface area contributed by atoms with Gasteiger partial charge in [-0.25, -0.2) is 0 Å². The molecule has 1 fully saturated rings. The maximum Gasteiger partial charge on any atom is 0.0641 e. The van der Waals surface area contributed by atoms with Crippen molar-refractivity contribution in [3.05, 3.63) is 17.0 Å². The van der Waals surface area contributed by atoms with Crippen LogP contribution in [0.5, 0.6) is 0 Å². The van der Waals surface area contributed by atoms with Gasteiger partial charge in [0, 0.05) is 36.9 Å². The molecule has 1 aliphatic rings. The first-order chi connectivity index (χ1) is 9.02. The molecule has 0 radical (unpaired) electrons. The molecule has 1 saturated carbocycles. The summed E-state index contributed by atoms with van der Waals surface area (Å²) in [6.07, 6.45) is 5.22. The summed E-state index contributed by atoms with van der Waals surface area (Å²) >= 11 is 0. The molecule has 1 aromatic rings. The SMILES string of the molecule is CNC1CCC(N(C)Cc2c(C)nn(C)c2C)CC1. The summed E-state index contributed by atoms with van der Waals surface area (Å²) in [4.78, 5) is 2.52. The molecule has 19 heavy (non-hydrogen) atoms. The fraction of sp³-hybridized carbons (Fsp3) is 0.800. The number of hydrogen-bond donors (Lipinski definition) is 1. The second-order valence-electron chi connectivity index (χ2n) is 5.98. The van der Waals surface area contributed by atoms with Gasteiger partial charge in [0.1, 0.15) is 0 Å². The van der Waals surface area contributed by atoms with Crippen LogP contribution in [0.1, 0.15) is 42.6 Å². The van der Waals surface area contributed by atoms with E-state index in [-0.39, 0.29) is 0 Å². The van der Waals surface area contributed by atoms with Gasteiger partial charge in [0.05, 0.1) is 5.69 Å². The van der Waals surface area contributed by atoms with E-state index >= 15 is 0 Å². The first kappa shape index (κ1) is 14.5. The molecule has 0 saturated heterocycles. The van der Waals surface area contributed by atoms with Crippen molar-refractivity contribution in [1.29, 1.82) is 0 Å². The highest BCUT2D eigenvalue weighted by Crippen LogP contribution is 2.24. The molecule has 0 amide bonds. The van der Waals surface area contributed by atoms with Gasteiger partial charge in [-0.3, -0.25) is 9.58 Å². The van der Waals surface area contributed by atoms with Crippen LogP contribution in [0, 0.1) is 13.8 Å². The summed E-state index contributed by atoms with van der Waals surface area (Å²) in [6, 6.07) is 1.45. The highest BCUT2D eigenvalue weighted by molar-refractivity contribution is 5.24. The predicted molar refractivity (Wildman–Crippen MR) is 79.3 cm³/mol.